The number of alkyl carbamates (subject to hydrolysis) is 1. The van der Waals surface area contributed by atoms with E-state index in [2.05, 4.69) is 26.1 Å². The molecule has 1 N–H and O–H groups in total. The summed E-state index contributed by atoms with van der Waals surface area (Å²) in [7, 11) is 0. The second-order valence-corrected chi connectivity index (χ2v) is 9.20. The zero-order chi connectivity index (χ0) is 19.5. The lowest BCUT2D eigenvalue weighted by Crippen LogP contribution is -2.40. The number of amides is 1. The van der Waals surface area contributed by atoms with Crippen LogP contribution in [0.2, 0.25) is 0 Å². The van der Waals surface area contributed by atoms with E-state index in [0.717, 1.165) is 12.8 Å². The van der Waals surface area contributed by atoms with Gasteiger partial charge in [0, 0.05) is 6.42 Å². The zero-order valence-corrected chi connectivity index (χ0v) is 17.0. The van der Waals surface area contributed by atoms with Gasteiger partial charge in [0.1, 0.15) is 11.7 Å². The fraction of sp³-hybridized carbons (Fsp3) is 0.900. The normalized spacial score (nSPS) is 32.3. The molecule has 0 aromatic heterocycles. The maximum absolute atomic E-state index is 12.6. The first-order chi connectivity index (χ1) is 12.0. The largest absolute Gasteiger partial charge is 0.460 e. The van der Waals surface area contributed by atoms with E-state index in [4.69, 9.17) is 14.2 Å². The summed E-state index contributed by atoms with van der Waals surface area (Å²) in [5.74, 6) is 1.18. The molecule has 2 aliphatic rings. The van der Waals surface area contributed by atoms with E-state index < -0.39 is 17.8 Å². The van der Waals surface area contributed by atoms with Crippen LogP contribution >= 0.6 is 0 Å². The van der Waals surface area contributed by atoms with Gasteiger partial charge in [-0.15, -0.1) is 0 Å². The van der Waals surface area contributed by atoms with Crippen LogP contribution in [0.4, 0.5) is 4.79 Å². The van der Waals surface area contributed by atoms with Crippen molar-refractivity contribution in [3.05, 3.63) is 0 Å². The van der Waals surface area contributed by atoms with Gasteiger partial charge in [-0.1, -0.05) is 27.2 Å². The molecule has 1 aliphatic carbocycles. The average molecular weight is 370 g/mol. The molecule has 0 spiro atoms. The third kappa shape index (κ3) is 6.15. The molecule has 6 heteroatoms. The lowest BCUT2D eigenvalue weighted by atomic mass is 9.75. The fourth-order valence-corrected chi connectivity index (χ4v) is 3.84. The summed E-state index contributed by atoms with van der Waals surface area (Å²) in [6.07, 6.45) is 2.51. The van der Waals surface area contributed by atoms with Crippen molar-refractivity contribution in [2.75, 3.05) is 6.61 Å². The first kappa shape index (κ1) is 21.0. The van der Waals surface area contributed by atoms with E-state index in [0.29, 0.717) is 30.8 Å². The Labute approximate surface area is 157 Å². The van der Waals surface area contributed by atoms with Crippen molar-refractivity contribution >= 4 is 12.1 Å². The Bertz CT molecular complexity index is 499. The highest BCUT2D eigenvalue weighted by atomic mass is 16.6. The van der Waals surface area contributed by atoms with Gasteiger partial charge in [-0.3, -0.25) is 0 Å². The van der Waals surface area contributed by atoms with Crippen LogP contribution in [-0.4, -0.2) is 42.5 Å². The van der Waals surface area contributed by atoms with Crippen LogP contribution < -0.4 is 5.32 Å². The average Bonchev–Trinajstić information content (AvgIpc) is 2.93. The summed E-state index contributed by atoms with van der Waals surface area (Å²) in [6.45, 7) is 12.3. The molecule has 1 heterocycles. The Hall–Kier alpha value is -1.30. The Morgan fingerprint density at radius 3 is 2.46 bits per heavy atom. The summed E-state index contributed by atoms with van der Waals surface area (Å²) in [4.78, 5) is 24.4. The highest BCUT2D eigenvalue weighted by Crippen LogP contribution is 2.35. The number of carbonyl (C=O) groups excluding carboxylic acids is 2. The molecule has 0 bridgehead atoms. The molecule has 1 aliphatic heterocycles. The first-order valence-corrected chi connectivity index (χ1v) is 9.86. The SMILES string of the molecule is CC(C)[C@@H]1CC[C@@H](C)C[C@H]1OC(=O)[C@H]1C[C@@H](NC(=O)OC(C)(C)C)CO1. The van der Waals surface area contributed by atoms with Crippen LogP contribution in [0.3, 0.4) is 0 Å². The van der Waals surface area contributed by atoms with E-state index in [-0.39, 0.29) is 18.1 Å². The molecule has 2 fully saturated rings. The van der Waals surface area contributed by atoms with Crippen LogP contribution in [0.15, 0.2) is 0 Å². The quantitative estimate of drug-likeness (QED) is 0.765. The minimum atomic E-state index is -0.611. The number of esters is 1. The van der Waals surface area contributed by atoms with Crippen LogP contribution in [-0.2, 0) is 19.0 Å². The third-order valence-electron chi connectivity index (χ3n) is 5.21. The van der Waals surface area contributed by atoms with Gasteiger partial charge in [0.2, 0.25) is 0 Å². The Morgan fingerprint density at radius 1 is 1.15 bits per heavy atom. The minimum absolute atomic E-state index is 0.0345. The number of carbonyl (C=O) groups is 2. The molecule has 150 valence electrons. The molecule has 1 amide bonds. The fourth-order valence-electron chi connectivity index (χ4n) is 3.84. The van der Waals surface area contributed by atoms with Gasteiger partial charge in [0.15, 0.2) is 6.10 Å². The number of hydrogen-bond donors (Lipinski definition) is 1. The molecule has 0 aromatic rings. The standard InChI is InChI=1S/C20H35NO5/c1-12(2)15-8-7-13(3)9-16(15)25-18(22)17-10-14(11-24-17)21-19(23)26-20(4,5)6/h12-17H,7-11H2,1-6H3,(H,21,23)/t13-,14-,15+,16-,17-/m1/s1. The maximum Gasteiger partial charge on any atom is 0.407 e. The molecule has 0 unspecified atom stereocenters. The van der Waals surface area contributed by atoms with E-state index in [9.17, 15) is 9.59 Å². The van der Waals surface area contributed by atoms with E-state index in [1.807, 2.05) is 20.8 Å². The van der Waals surface area contributed by atoms with Gasteiger partial charge in [0.05, 0.1) is 12.6 Å². The second kappa shape index (κ2) is 8.59. The first-order valence-electron chi connectivity index (χ1n) is 9.86. The molecule has 0 aromatic carbocycles. The maximum atomic E-state index is 12.6. The highest BCUT2D eigenvalue weighted by Gasteiger charge is 2.38. The summed E-state index contributed by atoms with van der Waals surface area (Å²) < 4.78 is 16.7. The summed E-state index contributed by atoms with van der Waals surface area (Å²) >= 11 is 0. The van der Waals surface area contributed by atoms with Gasteiger partial charge in [-0.25, -0.2) is 9.59 Å². The van der Waals surface area contributed by atoms with Gasteiger partial charge in [-0.05, 0) is 51.4 Å². The highest BCUT2D eigenvalue weighted by molar-refractivity contribution is 5.75. The van der Waals surface area contributed by atoms with Crippen molar-refractivity contribution in [1.82, 2.24) is 5.32 Å². The van der Waals surface area contributed by atoms with E-state index in [1.54, 1.807) is 0 Å². The van der Waals surface area contributed by atoms with E-state index in [1.165, 1.54) is 6.42 Å². The van der Waals surface area contributed by atoms with Crippen molar-refractivity contribution in [1.29, 1.82) is 0 Å². The molecular weight excluding hydrogens is 334 g/mol. The Balaban J connectivity index is 1.84. The lowest BCUT2D eigenvalue weighted by molar-refractivity contribution is -0.166. The van der Waals surface area contributed by atoms with E-state index >= 15 is 0 Å². The second-order valence-electron chi connectivity index (χ2n) is 9.20. The topological polar surface area (TPSA) is 73.9 Å². The van der Waals surface area contributed by atoms with Gasteiger partial charge in [0.25, 0.3) is 0 Å². The molecule has 0 radical (unpaired) electrons. The Morgan fingerprint density at radius 2 is 1.85 bits per heavy atom. The lowest BCUT2D eigenvalue weighted by Gasteiger charge is -2.37. The molecule has 6 nitrogen and oxygen atoms in total. The number of nitrogens with one attached hydrogen (secondary N) is 1. The molecule has 5 atom stereocenters. The van der Waals surface area contributed by atoms with Crippen molar-refractivity contribution in [2.45, 2.75) is 91.1 Å². The number of rotatable bonds is 4. The van der Waals surface area contributed by atoms with Crippen LogP contribution in [0, 0.1) is 17.8 Å². The minimum Gasteiger partial charge on any atom is -0.460 e. The van der Waals surface area contributed by atoms with Crippen molar-refractivity contribution in [3.8, 4) is 0 Å². The summed E-state index contributed by atoms with van der Waals surface area (Å²) in [5.41, 5.74) is -0.550. The smallest absolute Gasteiger partial charge is 0.407 e. The van der Waals surface area contributed by atoms with Gasteiger partial charge < -0.3 is 19.5 Å². The van der Waals surface area contributed by atoms with Crippen LogP contribution in [0.5, 0.6) is 0 Å². The molecule has 26 heavy (non-hydrogen) atoms. The number of hydrogen-bond acceptors (Lipinski definition) is 5. The van der Waals surface area contributed by atoms with Crippen molar-refractivity contribution in [3.63, 3.8) is 0 Å². The molecule has 1 saturated carbocycles. The summed E-state index contributed by atoms with van der Waals surface area (Å²) in [5, 5.41) is 2.76. The number of ether oxygens (including phenoxy) is 3. The summed E-state index contributed by atoms with van der Waals surface area (Å²) in [6, 6.07) is -0.228. The zero-order valence-electron chi connectivity index (χ0n) is 17.0. The van der Waals surface area contributed by atoms with Gasteiger partial charge >= 0.3 is 12.1 Å². The predicted octanol–water partition coefficient (Wildman–Crippen LogP) is 3.67. The Kier molecular flexibility index (Phi) is 6.94. The van der Waals surface area contributed by atoms with Gasteiger partial charge in [-0.2, -0.15) is 0 Å². The van der Waals surface area contributed by atoms with Crippen molar-refractivity contribution in [2.24, 2.45) is 17.8 Å². The van der Waals surface area contributed by atoms with Crippen molar-refractivity contribution < 1.29 is 23.8 Å². The molecule has 2 rings (SSSR count). The van der Waals surface area contributed by atoms with Crippen LogP contribution in [0.25, 0.3) is 0 Å². The third-order valence-corrected chi connectivity index (χ3v) is 5.21. The monoisotopic (exact) mass is 369 g/mol. The van der Waals surface area contributed by atoms with Crippen LogP contribution in [0.1, 0.15) is 67.2 Å². The predicted molar refractivity (Wildman–Crippen MR) is 98.7 cm³/mol. The molecule has 1 saturated heterocycles. The molecular formula is C20H35NO5.